The highest BCUT2D eigenvalue weighted by molar-refractivity contribution is 5.71. The van der Waals surface area contributed by atoms with E-state index in [0.717, 1.165) is 103 Å². The second-order valence-electron chi connectivity index (χ2n) is 19.6. The van der Waals surface area contributed by atoms with Gasteiger partial charge in [-0.25, -0.2) is 0 Å². The van der Waals surface area contributed by atoms with E-state index < -0.39 is 6.10 Å². The molecule has 0 aliphatic heterocycles. The van der Waals surface area contributed by atoms with Gasteiger partial charge in [0, 0.05) is 19.3 Å². The molecule has 6 nitrogen and oxygen atoms in total. The minimum Gasteiger partial charge on any atom is -0.462 e. The number of ether oxygens (including phenoxy) is 3. The third kappa shape index (κ3) is 55.6. The Hall–Kier alpha value is -3.15. The lowest BCUT2D eigenvalue weighted by Gasteiger charge is -2.18. The number of hydrogen-bond acceptors (Lipinski definition) is 6. The number of unbranched alkanes of at least 4 members (excludes halogenated alkanes) is 30. The Kier molecular flexibility index (Phi) is 54.8. The van der Waals surface area contributed by atoms with Crippen LogP contribution >= 0.6 is 0 Å². The van der Waals surface area contributed by atoms with E-state index in [2.05, 4.69) is 93.7 Å². The Labute approximate surface area is 427 Å². The average molecular weight is 964 g/mol. The monoisotopic (exact) mass is 963 g/mol. The molecule has 0 spiro atoms. The molecule has 0 aromatic heterocycles. The summed E-state index contributed by atoms with van der Waals surface area (Å²) in [5.74, 6) is -0.899. The number of allylic oxidation sites excluding steroid dienone is 12. The van der Waals surface area contributed by atoms with Crippen molar-refractivity contribution in [2.24, 2.45) is 0 Å². The van der Waals surface area contributed by atoms with E-state index in [1.165, 1.54) is 148 Å². The normalized spacial score (nSPS) is 12.6. The van der Waals surface area contributed by atoms with Gasteiger partial charge in [0.1, 0.15) is 13.2 Å². The zero-order valence-corrected chi connectivity index (χ0v) is 45.6. The molecule has 0 heterocycles. The summed E-state index contributed by atoms with van der Waals surface area (Å²) in [5, 5.41) is 0. The van der Waals surface area contributed by atoms with Crippen LogP contribution in [-0.2, 0) is 28.6 Å². The second kappa shape index (κ2) is 57.4. The van der Waals surface area contributed by atoms with Gasteiger partial charge in [-0.05, 0) is 96.3 Å². The molecular weight excluding hydrogens is 853 g/mol. The molecule has 6 heteroatoms. The third-order valence-corrected chi connectivity index (χ3v) is 12.7. The Bertz CT molecular complexity index is 1290. The summed E-state index contributed by atoms with van der Waals surface area (Å²) >= 11 is 0. The standard InChI is InChI=1S/C63H110O6/c1-4-7-10-13-16-19-22-25-27-29-31-33-35-38-41-44-47-50-53-56-62(65)68-59-60(58-67-61(64)55-52-49-46-43-40-37-24-21-18-15-12-9-6-3)69-63(66)57-54-51-48-45-42-39-36-34-32-30-28-26-23-20-17-14-11-8-5-2/h16-17,19-20,25-28,31-34,60H,4-15,18,21-24,29-30,35-59H2,1-3H3/b19-16-,20-17-,27-25-,28-26-,33-31-,34-32-/t60-/m1/s1. The molecule has 0 bridgehead atoms. The zero-order valence-electron chi connectivity index (χ0n) is 45.6. The Morgan fingerprint density at radius 3 is 0.841 bits per heavy atom. The number of hydrogen-bond donors (Lipinski definition) is 0. The van der Waals surface area contributed by atoms with Crippen LogP contribution in [0, 0.1) is 0 Å². The lowest BCUT2D eigenvalue weighted by atomic mass is 10.0. The summed E-state index contributed by atoms with van der Waals surface area (Å²) in [6.07, 6.45) is 73.1. The molecule has 398 valence electrons. The third-order valence-electron chi connectivity index (χ3n) is 12.7. The molecule has 0 saturated heterocycles. The molecule has 0 aliphatic rings. The lowest BCUT2D eigenvalue weighted by Crippen LogP contribution is -2.30. The van der Waals surface area contributed by atoms with Gasteiger partial charge in [0.15, 0.2) is 6.10 Å². The summed E-state index contributed by atoms with van der Waals surface area (Å²) < 4.78 is 16.9. The second-order valence-corrected chi connectivity index (χ2v) is 19.6. The molecule has 0 aliphatic carbocycles. The molecule has 0 amide bonds. The van der Waals surface area contributed by atoms with Crippen molar-refractivity contribution in [1.29, 1.82) is 0 Å². The maximum atomic E-state index is 12.9. The quantitative estimate of drug-likeness (QED) is 0.0262. The largest absolute Gasteiger partial charge is 0.462 e. The fourth-order valence-corrected chi connectivity index (χ4v) is 8.22. The number of carbonyl (C=O) groups excluding carboxylic acids is 3. The predicted molar refractivity (Wildman–Crippen MR) is 298 cm³/mol. The molecular formula is C63H110O6. The van der Waals surface area contributed by atoms with E-state index in [-0.39, 0.29) is 31.1 Å². The van der Waals surface area contributed by atoms with Gasteiger partial charge in [0.25, 0.3) is 0 Å². The Morgan fingerprint density at radius 2 is 0.522 bits per heavy atom. The van der Waals surface area contributed by atoms with Crippen LogP contribution in [0.25, 0.3) is 0 Å². The molecule has 0 fully saturated rings. The summed E-state index contributed by atoms with van der Waals surface area (Å²) in [4.78, 5) is 38.2. The summed E-state index contributed by atoms with van der Waals surface area (Å²) in [5.41, 5.74) is 0. The fourth-order valence-electron chi connectivity index (χ4n) is 8.22. The van der Waals surface area contributed by atoms with E-state index >= 15 is 0 Å². The van der Waals surface area contributed by atoms with Crippen LogP contribution in [0.15, 0.2) is 72.9 Å². The van der Waals surface area contributed by atoms with Crippen molar-refractivity contribution in [2.75, 3.05) is 13.2 Å². The molecule has 0 aromatic carbocycles. The maximum absolute atomic E-state index is 12.9. The Balaban J connectivity index is 4.41. The number of esters is 3. The molecule has 0 radical (unpaired) electrons. The minimum atomic E-state index is -0.787. The Morgan fingerprint density at radius 1 is 0.290 bits per heavy atom. The topological polar surface area (TPSA) is 78.9 Å². The van der Waals surface area contributed by atoms with Gasteiger partial charge in [-0.15, -0.1) is 0 Å². The average Bonchev–Trinajstić information content (AvgIpc) is 3.35. The van der Waals surface area contributed by atoms with Crippen molar-refractivity contribution < 1.29 is 28.6 Å². The van der Waals surface area contributed by atoms with Gasteiger partial charge in [0.2, 0.25) is 0 Å². The SMILES string of the molecule is CCCCC/C=C\C/C=C\C/C=C\CCCCCCCCC(=O)OC[C@@H](COC(=O)CCCCCCCCCCCCCCC)OC(=O)CCCCCCCC/C=C\C/C=C\C/C=C\CCCCC. The van der Waals surface area contributed by atoms with Crippen molar-refractivity contribution in [2.45, 2.75) is 297 Å². The highest BCUT2D eigenvalue weighted by Gasteiger charge is 2.19. The molecule has 0 saturated carbocycles. The van der Waals surface area contributed by atoms with Gasteiger partial charge in [0.05, 0.1) is 0 Å². The summed E-state index contributed by atoms with van der Waals surface area (Å²) in [6, 6.07) is 0. The molecule has 0 rings (SSSR count). The molecule has 1 atom stereocenters. The van der Waals surface area contributed by atoms with Crippen molar-refractivity contribution >= 4 is 17.9 Å². The zero-order chi connectivity index (χ0) is 50.0. The van der Waals surface area contributed by atoms with E-state index in [1.54, 1.807) is 0 Å². The van der Waals surface area contributed by atoms with Crippen molar-refractivity contribution in [3.63, 3.8) is 0 Å². The molecule has 0 aromatic rings. The molecule has 0 N–H and O–H groups in total. The smallest absolute Gasteiger partial charge is 0.306 e. The fraction of sp³-hybridized carbons (Fsp3) is 0.762. The van der Waals surface area contributed by atoms with E-state index in [0.29, 0.717) is 19.3 Å². The highest BCUT2D eigenvalue weighted by Crippen LogP contribution is 2.15. The number of carbonyl (C=O) groups is 3. The van der Waals surface area contributed by atoms with E-state index in [9.17, 15) is 14.4 Å². The first kappa shape index (κ1) is 65.8. The van der Waals surface area contributed by atoms with Gasteiger partial charge >= 0.3 is 17.9 Å². The van der Waals surface area contributed by atoms with Crippen LogP contribution in [0.2, 0.25) is 0 Å². The van der Waals surface area contributed by atoms with Gasteiger partial charge in [-0.2, -0.15) is 0 Å². The first-order valence-corrected chi connectivity index (χ1v) is 29.4. The predicted octanol–water partition coefficient (Wildman–Crippen LogP) is 19.8. The first-order chi connectivity index (χ1) is 34.0. The van der Waals surface area contributed by atoms with Crippen LogP contribution in [0.4, 0.5) is 0 Å². The van der Waals surface area contributed by atoms with Crippen LogP contribution in [0.5, 0.6) is 0 Å². The van der Waals surface area contributed by atoms with E-state index in [4.69, 9.17) is 14.2 Å². The van der Waals surface area contributed by atoms with Crippen LogP contribution in [0.3, 0.4) is 0 Å². The maximum Gasteiger partial charge on any atom is 0.306 e. The molecule has 0 unspecified atom stereocenters. The number of rotatable bonds is 53. The van der Waals surface area contributed by atoms with Crippen LogP contribution in [0.1, 0.15) is 290 Å². The van der Waals surface area contributed by atoms with Crippen LogP contribution in [-0.4, -0.2) is 37.2 Å². The van der Waals surface area contributed by atoms with E-state index in [1.807, 2.05) is 0 Å². The summed E-state index contributed by atoms with van der Waals surface area (Å²) in [7, 11) is 0. The van der Waals surface area contributed by atoms with Crippen LogP contribution < -0.4 is 0 Å². The first-order valence-electron chi connectivity index (χ1n) is 29.4. The van der Waals surface area contributed by atoms with Gasteiger partial charge in [-0.1, -0.05) is 248 Å². The minimum absolute atomic E-state index is 0.0830. The van der Waals surface area contributed by atoms with Crippen molar-refractivity contribution in [3.05, 3.63) is 72.9 Å². The van der Waals surface area contributed by atoms with Crippen molar-refractivity contribution in [1.82, 2.24) is 0 Å². The summed E-state index contributed by atoms with van der Waals surface area (Å²) in [6.45, 7) is 6.58. The van der Waals surface area contributed by atoms with Gasteiger partial charge < -0.3 is 14.2 Å². The van der Waals surface area contributed by atoms with Gasteiger partial charge in [-0.3, -0.25) is 14.4 Å². The molecule has 69 heavy (non-hydrogen) atoms. The van der Waals surface area contributed by atoms with Crippen molar-refractivity contribution in [3.8, 4) is 0 Å². The lowest BCUT2D eigenvalue weighted by molar-refractivity contribution is -0.167. The highest BCUT2D eigenvalue weighted by atomic mass is 16.6.